The first-order valence-electron chi connectivity index (χ1n) is 14.7. The summed E-state index contributed by atoms with van der Waals surface area (Å²) in [6.07, 6.45) is -2.72. The molecule has 1 aliphatic rings. The molecular formula is C34H32ClF3N6O2. The number of likely N-dealkylation sites (N-methyl/N-ethyl adjacent to an activating group) is 1. The average Bonchev–Trinajstić information content (AvgIpc) is 3.40. The highest BCUT2D eigenvalue weighted by molar-refractivity contribution is 6.30. The average molecular weight is 649 g/mol. The molecule has 5 aromatic rings. The summed E-state index contributed by atoms with van der Waals surface area (Å²) in [6.45, 7) is 5.00. The van der Waals surface area contributed by atoms with Gasteiger partial charge < -0.3 is 19.5 Å². The number of halogens is 4. The molecule has 3 aromatic carbocycles. The van der Waals surface area contributed by atoms with Crippen LogP contribution in [0.4, 0.5) is 18.9 Å². The van der Waals surface area contributed by atoms with Crippen LogP contribution in [-0.2, 0) is 19.8 Å². The van der Waals surface area contributed by atoms with Crippen molar-refractivity contribution in [2.75, 3.05) is 38.5 Å². The molecule has 1 amide bonds. The van der Waals surface area contributed by atoms with E-state index in [9.17, 15) is 18.0 Å². The van der Waals surface area contributed by atoms with Crippen molar-refractivity contribution in [3.8, 4) is 23.0 Å². The fourth-order valence-corrected chi connectivity index (χ4v) is 5.54. The van der Waals surface area contributed by atoms with Crippen molar-refractivity contribution >= 4 is 34.2 Å². The minimum Gasteiger partial charge on any atom is -0.437 e. The highest BCUT2D eigenvalue weighted by atomic mass is 35.5. The largest absolute Gasteiger partial charge is 0.437 e. The number of rotatable bonds is 7. The standard InChI is InChI=1S/C34H32ClF3N6O2/c1-21-4-5-23(32(45)39-26-11-8-24(27(19-26)34(36,37)38)20-44-16-14-42(2)15-17-44)18-29(21)46-33-30-28(12-13-43(30)3)40-31(41-33)22-6-9-25(35)10-7-22/h4-13,18-19H,14-17,20H2,1-3H3,(H,39,45). The molecule has 0 atom stereocenters. The molecule has 8 nitrogen and oxygen atoms in total. The molecule has 238 valence electrons. The summed E-state index contributed by atoms with van der Waals surface area (Å²) >= 11 is 6.06. The van der Waals surface area contributed by atoms with E-state index >= 15 is 0 Å². The Hall–Kier alpha value is -4.45. The Morgan fingerprint density at radius 3 is 2.41 bits per heavy atom. The fraction of sp³-hybridized carbons (Fsp3) is 0.265. The van der Waals surface area contributed by atoms with E-state index in [1.807, 2.05) is 54.9 Å². The number of amides is 1. The predicted molar refractivity (Wildman–Crippen MR) is 172 cm³/mol. The summed E-state index contributed by atoms with van der Waals surface area (Å²) in [6, 6.07) is 17.8. The van der Waals surface area contributed by atoms with Crippen molar-refractivity contribution in [1.82, 2.24) is 24.3 Å². The van der Waals surface area contributed by atoms with Crippen LogP contribution in [0.3, 0.4) is 0 Å². The monoisotopic (exact) mass is 648 g/mol. The molecule has 1 saturated heterocycles. The third-order valence-corrected chi connectivity index (χ3v) is 8.36. The third-order valence-electron chi connectivity index (χ3n) is 8.11. The van der Waals surface area contributed by atoms with Crippen molar-refractivity contribution < 1.29 is 22.7 Å². The van der Waals surface area contributed by atoms with Crippen molar-refractivity contribution in [3.63, 3.8) is 0 Å². The summed E-state index contributed by atoms with van der Waals surface area (Å²) in [5, 5.41) is 3.22. The Balaban J connectivity index is 1.26. The Morgan fingerprint density at radius 2 is 1.70 bits per heavy atom. The Kier molecular flexibility index (Phi) is 8.73. The van der Waals surface area contributed by atoms with Crippen LogP contribution in [0.2, 0.25) is 5.02 Å². The molecule has 3 heterocycles. The van der Waals surface area contributed by atoms with Gasteiger partial charge in [0.15, 0.2) is 5.82 Å². The number of benzene rings is 3. The second kappa shape index (κ2) is 12.7. The number of anilines is 1. The zero-order chi connectivity index (χ0) is 32.6. The van der Waals surface area contributed by atoms with Crippen LogP contribution in [0.25, 0.3) is 22.4 Å². The van der Waals surface area contributed by atoms with Crippen molar-refractivity contribution in [1.29, 1.82) is 0 Å². The molecule has 1 fully saturated rings. The minimum atomic E-state index is -4.57. The number of ether oxygens (including phenoxy) is 1. The molecule has 46 heavy (non-hydrogen) atoms. The Bertz CT molecular complexity index is 1900. The Morgan fingerprint density at radius 1 is 0.957 bits per heavy atom. The van der Waals surface area contributed by atoms with Gasteiger partial charge in [-0.05, 0) is 79.7 Å². The van der Waals surface area contributed by atoms with Crippen LogP contribution >= 0.6 is 11.6 Å². The highest BCUT2D eigenvalue weighted by Gasteiger charge is 2.34. The van der Waals surface area contributed by atoms with Crippen LogP contribution in [-0.4, -0.2) is 63.5 Å². The van der Waals surface area contributed by atoms with Gasteiger partial charge in [0.25, 0.3) is 5.91 Å². The Labute approximate surface area is 269 Å². The van der Waals surface area contributed by atoms with Gasteiger partial charge in [0, 0.05) is 67.8 Å². The summed E-state index contributed by atoms with van der Waals surface area (Å²) in [5.74, 6) is 0.523. The molecule has 0 radical (unpaired) electrons. The minimum absolute atomic E-state index is 0.0522. The van der Waals surface area contributed by atoms with Gasteiger partial charge >= 0.3 is 6.18 Å². The SMILES string of the molecule is Cc1ccc(C(=O)Nc2ccc(CN3CCN(C)CC3)c(C(F)(F)F)c2)cc1Oc1nc(-c2ccc(Cl)cc2)nc2ccn(C)c12. The van der Waals surface area contributed by atoms with Crippen molar-refractivity contribution in [3.05, 3.63) is 100 Å². The van der Waals surface area contributed by atoms with Crippen LogP contribution in [0.15, 0.2) is 72.9 Å². The molecule has 0 unspecified atom stereocenters. The van der Waals surface area contributed by atoms with E-state index in [4.69, 9.17) is 16.3 Å². The topological polar surface area (TPSA) is 75.5 Å². The number of carbonyl (C=O) groups excluding carboxylic acids is 1. The van der Waals surface area contributed by atoms with E-state index in [0.717, 1.165) is 30.3 Å². The summed E-state index contributed by atoms with van der Waals surface area (Å²) in [5.41, 5.74) is 2.49. The lowest BCUT2D eigenvalue weighted by Gasteiger charge is -2.33. The molecule has 1 aliphatic heterocycles. The van der Waals surface area contributed by atoms with E-state index in [0.29, 0.717) is 40.7 Å². The number of aryl methyl sites for hydroxylation is 2. The van der Waals surface area contributed by atoms with Gasteiger partial charge in [-0.2, -0.15) is 18.2 Å². The second-order valence-electron chi connectivity index (χ2n) is 11.5. The third kappa shape index (κ3) is 6.86. The molecule has 1 N–H and O–H groups in total. The molecular weight excluding hydrogens is 617 g/mol. The number of nitrogens with zero attached hydrogens (tertiary/aromatic N) is 5. The van der Waals surface area contributed by atoms with E-state index in [1.165, 1.54) is 12.1 Å². The maximum absolute atomic E-state index is 14.1. The summed E-state index contributed by atoms with van der Waals surface area (Å²) in [7, 11) is 3.85. The summed E-state index contributed by atoms with van der Waals surface area (Å²) < 4.78 is 50.5. The zero-order valence-electron chi connectivity index (χ0n) is 25.5. The molecule has 0 saturated carbocycles. The highest BCUT2D eigenvalue weighted by Crippen LogP contribution is 2.36. The van der Waals surface area contributed by atoms with Gasteiger partial charge in [-0.1, -0.05) is 23.7 Å². The normalized spacial score (nSPS) is 14.5. The van der Waals surface area contributed by atoms with E-state index in [2.05, 4.69) is 20.2 Å². The number of piperazine rings is 1. The quantitative estimate of drug-likeness (QED) is 0.198. The van der Waals surface area contributed by atoms with E-state index in [-0.39, 0.29) is 29.2 Å². The molecule has 0 spiro atoms. The lowest BCUT2D eigenvalue weighted by atomic mass is 10.0. The van der Waals surface area contributed by atoms with Crippen molar-refractivity contribution in [2.45, 2.75) is 19.6 Å². The number of carbonyl (C=O) groups is 1. The lowest BCUT2D eigenvalue weighted by molar-refractivity contribution is -0.138. The van der Waals surface area contributed by atoms with Crippen LogP contribution < -0.4 is 10.1 Å². The number of nitrogens with one attached hydrogen (secondary N) is 1. The van der Waals surface area contributed by atoms with Gasteiger partial charge in [0.1, 0.15) is 11.3 Å². The molecule has 12 heteroatoms. The maximum Gasteiger partial charge on any atom is 0.416 e. The first-order valence-corrected chi connectivity index (χ1v) is 15.1. The van der Waals surface area contributed by atoms with Gasteiger partial charge in [-0.3, -0.25) is 9.69 Å². The number of aromatic nitrogens is 3. The van der Waals surface area contributed by atoms with Crippen molar-refractivity contribution in [2.24, 2.45) is 7.05 Å². The van der Waals surface area contributed by atoms with Gasteiger partial charge in [-0.25, -0.2) is 4.98 Å². The van der Waals surface area contributed by atoms with E-state index < -0.39 is 17.6 Å². The van der Waals surface area contributed by atoms with Crippen LogP contribution in [0.1, 0.15) is 27.0 Å². The van der Waals surface area contributed by atoms with Crippen LogP contribution in [0.5, 0.6) is 11.6 Å². The van der Waals surface area contributed by atoms with Gasteiger partial charge in [0.2, 0.25) is 5.88 Å². The van der Waals surface area contributed by atoms with Gasteiger partial charge in [0.05, 0.1) is 11.1 Å². The van der Waals surface area contributed by atoms with E-state index in [1.54, 1.807) is 30.3 Å². The zero-order valence-corrected chi connectivity index (χ0v) is 26.3. The first kappa shape index (κ1) is 31.5. The number of hydrogen-bond donors (Lipinski definition) is 1. The first-order chi connectivity index (χ1) is 21.9. The smallest absolute Gasteiger partial charge is 0.416 e. The van der Waals surface area contributed by atoms with Crippen LogP contribution in [0, 0.1) is 6.92 Å². The molecule has 6 rings (SSSR count). The molecule has 0 aliphatic carbocycles. The fourth-order valence-electron chi connectivity index (χ4n) is 5.42. The number of fused-ring (bicyclic) bond motifs is 1. The number of alkyl halides is 3. The van der Waals surface area contributed by atoms with Gasteiger partial charge in [-0.15, -0.1) is 0 Å². The molecule has 2 aromatic heterocycles. The number of hydrogen-bond acceptors (Lipinski definition) is 6. The molecule has 0 bridgehead atoms. The lowest BCUT2D eigenvalue weighted by Crippen LogP contribution is -2.44. The maximum atomic E-state index is 14.1. The summed E-state index contributed by atoms with van der Waals surface area (Å²) in [4.78, 5) is 26.8. The second-order valence-corrected chi connectivity index (χ2v) is 11.9. The predicted octanol–water partition coefficient (Wildman–Crippen LogP) is 7.41.